The summed E-state index contributed by atoms with van der Waals surface area (Å²) >= 11 is 0. The summed E-state index contributed by atoms with van der Waals surface area (Å²) in [5, 5.41) is 0. The van der Waals surface area contributed by atoms with Crippen molar-refractivity contribution in [1.29, 1.82) is 0 Å². The monoisotopic (exact) mass is 234 g/mol. The minimum atomic E-state index is 0.362. The largest absolute Gasteiger partial charge is 0.368 e. The third kappa shape index (κ3) is 3.08. The molecule has 94 valence electrons. The van der Waals surface area contributed by atoms with Gasteiger partial charge in [-0.05, 0) is 25.7 Å². The highest BCUT2D eigenvalue weighted by molar-refractivity contribution is 5.47. The van der Waals surface area contributed by atoms with E-state index >= 15 is 0 Å². The van der Waals surface area contributed by atoms with Gasteiger partial charge in [-0.3, -0.25) is 0 Å². The Hall–Kier alpha value is -1.32. The summed E-state index contributed by atoms with van der Waals surface area (Å²) in [6.07, 6.45) is 8.66. The van der Waals surface area contributed by atoms with E-state index < -0.39 is 0 Å². The summed E-state index contributed by atoms with van der Waals surface area (Å²) in [5.41, 5.74) is 6.74. The van der Waals surface area contributed by atoms with E-state index in [9.17, 15) is 0 Å². The number of nitrogen functional groups attached to an aromatic ring is 1. The van der Waals surface area contributed by atoms with E-state index in [0.717, 1.165) is 23.8 Å². The highest BCUT2D eigenvalue weighted by atomic mass is 15.2. The van der Waals surface area contributed by atoms with Crippen molar-refractivity contribution in [3.05, 3.63) is 11.8 Å². The molecule has 4 heteroatoms. The minimum absolute atomic E-state index is 0.362. The summed E-state index contributed by atoms with van der Waals surface area (Å²) in [4.78, 5) is 10.6. The van der Waals surface area contributed by atoms with Gasteiger partial charge in [-0.15, -0.1) is 0 Å². The van der Waals surface area contributed by atoms with Crippen LogP contribution in [0.5, 0.6) is 0 Å². The van der Waals surface area contributed by atoms with E-state index in [-0.39, 0.29) is 0 Å². The Bertz CT molecular complexity index is 372. The Morgan fingerprint density at radius 1 is 1.35 bits per heavy atom. The van der Waals surface area contributed by atoms with Crippen LogP contribution < -0.4 is 10.6 Å². The normalized spacial score (nSPS) is 17.1. The Kier molecular flexibility index (Phi) is 3.82. The Balaban J connectivity index is 2.02. The number of nitrogens with zero attached hydrogens (tertiary/aromatic N) is 3. The Morgan fingerprint density at radius 2 is 2.06 bits per heavy atom. The number of hydrogen-bond donors (Lipinski definition) is 1. The first-order valence-corrected chi connectivity index (χ1v) is 6.47. The van der Waals surface area contributed by atoms with Crippen LogP contribution in [0.15, 0.2) is 6.20 Å². The van der Waals surface area contributed by atoms with Crippen molar-refractivity contribution in [1.82, 2.24) is 9.97 Å². The number of aromatic nitrogens is 2. The number of anilines is 2. The standard InChI is InChI=1S/C13H22N4/c1-10-8-15-13(14)16-12(10)17(2)9-11-6-4-3-5-7-11/h8,11H,3-7,9H2,1-2H3,(H2,14,15,16). The first-order chi connectivity index (χ1) is 8.16. The maximum absolute atomic E-state index is 5.65. The molecule has 1 aliphatic rings. The molecular formula is C13H22N4. The van der Waals surface area contributed by atoms with Gasteiger partial charge in [0.2, 0.25) is 5.95 Å². The van der Waals surface area contributed by atoms with Crippen molar-refractivity contribution in [2.24, 2.45) is 5.92 Å². The molecule has 4 nitrogen and oxygen atoms in total. The number of nitrogens with two attached hydrogens (primary N) is 1. The average Bonchev–Trinajstić information content (AvgIpc) is 2.33. The van der Waals surface area contributed by atoms with Crippen LogP contribution in [0, 0.1) is 12.8 Å². The van der Waals surface area contributed by atoms with E-state index in [1.807, 2.05) is 6.92 Å². The van der Waals surface area contributed by atoms with Crippen LogP contribution in [0.2, 0.25) is 0 Å². The van der Waals surface area contributed by atoms with Crippen LogP contribution in [-0.4, -0.2) is 23.6 Å². The summed E-state index contributed by atoms with van der Waals surface area (Å²) in [5.74, 6) is 2.15. The first-order valence-electron chi connectivity index (χ1n) is 6.47. The zero-order valence-electron chi connectivity index (χ0n) is 10.8. The highest BCUT2D eigenvalue weighted by Gasteiger charge is 2.17. The van der Waals surface area contributed by atoms with E-state index in [4.69, 9.17) is 5.73 Å². The molecule has 1 fully saturated rings. The van der Waals surface area contributed by atoms with Crippen molar-refractivity contribution in [2.75, 3.05) is 24.2 Å². The van der Waals surface area contributed by atoms with Crippen LogP contribution in [0.25, 0.3) is 0 Å². The van der Waals surface area contributed by atoms with Crippen LogP contribution in [0.3, 0.4) is 0 Å². The van der Waals surface area contributed by atoms with Gasteiger partial charge in [-0.1, -0.05) is 19.3 Å². The van der Waals surface area contributed by atoms with Gasteiger partial charge < -0.3 is 10.6 Å². The number of hydrogen-bond acceptors (Lipinski definition) is 4. The molecule has 1 aliphatic carbocycles. The first kappa shape index (κ1) is 12.1. The lowest BCUT2D eigenvalue weighted by Crippen LogP contribution is -2.28. The Labute approximate surface area is 103 Å². The van der Waals surface area contributed by atoms with Gasteiger partial charge in [0.1, 0.15) is 5.82 Å². The van der Waals surface area contributed by atoms with Gasteiger partial charge in [0.25, 0.3) is 0 Å². The van der Waals surface area contributed by atoms with Crippen molar-refractivity contribution < 1.29 is 0 Å². The van der Waals surface area contributed by atoms with E-state index in [1.165, 1.54) is 32.1 Å². The summed E-state index contributed by atoms with van der Waals surface area (Å²) in [6, 6.07) is 0. The minimum Gasteiger partial charge on any atom is -0.368 e. The smallest absolute Gasteiger partial charge is 0.221 e. The summed E-state index contributed by atoms with van der Waals surface area (Å²) < 4.78 is 0. The molecule has 0 bridgehead atoms. The molecule has 0 unspecified atom stereocenters. The molecule has 1 aromatic rings. The van der Waals surface area contributed by atoms with Gasteiger partial charge >= 0.3 is 0 Å². The second-order valence-electron chi connectivity index (χ2n) is 5.12. The molecule has 2 rings (SSSR count). The molecule has 2 N–H and O–H groups in total. The van der Waals surface area contributed by atoms with Crippen LogP contribution in [-0.2, 0) is 0 Å². The lowest BCUT2D eigenvalue weighted by Gasteiger charge is -2.28. The quantitative estimate of drug-likeness (QED) is 0.872. The van der Waals surface area contributed by atoms with Crippen molar-refractivity contribution >= 4 is 11.8 Å². The Morgan fingerprint density at radius 3 is 2.76 bits per heavy atom. The van der Waals surface area contributed by atoms with Gasteiger partial charge in [0.05, 0.1) is 0 Å². The third-order valence-corrected chi connectivity index (χ3v) is 3.58. The van der Waals surface area contributed by atoms with Crippen molar-refractivity contribution in [3.63, 3.8) is 0 Å². The van der Waals surface area contributed by atoms with Crippen LogP contribution in [0.1, 0.15) is 37.7 Å². The summed E-state index contributed by atoms with van der Waals surface area (Å²) in [7, 11) is 2.10. The number of aryl methyl sites for hydroxylation is 1. The lowest BCUT2D eigenvalue weighted by atomic mass is 9.89. The fourth-order valence-electron chi connectivity index (χ4n) is 2.68. The maximum Gasteiger partial charge on any atom is 0.221 e. The molecule has 1 saturated carbocycles. The second-order valence-corrected chi connectivity index (χ2v) is 5.12. The van der Waals surface area contributed by atoms with Crippen molar-refractivity contribution in [3.8, 4) is 0 Å². The molecule has 0 saturated heterocycles. The van der Waals surface area contributed by atoms with E-state index in [1.54, 1.807) is 6.20 Å². The fourth-order valence-corrected chi connectivity index (χ4v) is 2.68. The van der Waals surface area contributed by atoms with Crippen LogP contribution in [0.4, 0.5) is 11.8 Å². The topological polar surface area (TPSA) is 55.0 Å². The molecule has 0 spiro atoms. The van der Waals surface area contributed by atoms with Crippen molar-refractivity contribution in [2.45, 2.75) is 39.0 Å². The maximum atomic E-state index is 5.65. The van der Waals surface area contributed by atoms with Gasteiger partial charge in [-0.25, -0.2) is 4.98 Å². The highest BCUT2D eigenvalue weighted by Crippen LogP contribution is 2.26. The molecule has 1 aromatic heterocycles. The fraction of sp³-hybridized carbons (Fsp3) is 0.692. The van der Waals surface area contributed by atoms with Gasteiger partial charge in [-0.2, -0.15) is 4.98 Å². The summed E-state index contributed by atoms with van der Waals surface area (Å²) in [6.45, 7) is 3.11. The van der Waals surface area contributed by atoms with Gasteiger partial charge in [0.15, 0.2) is 0 Å². The van der Waals surface area contributed by atoms with Crippen LogP contribution >= 0.6 is 0 Å². The zero-order chi connectivity index (χ0) is 12.3. The molecular weight excluding hydrogens is 212 g/mol. The average molecular weight is 234 g/mol. The molecule has 0 aliphatic heterocycles. The molecule has 0 radical (unpaired) electrons. The number of rotatable bonds is 3. The molecule has 0 aromatic carbocycles. The lowest BCUT2D eigenvalue weighted by molar-refractivity contribution is 0.361. The molecule has 0 amide bonds. The molecule has 0 atom stereocenters. The molecule has 1 heterocycles. The third-order valence-electron chi connectivity index (χ3n) is 3.58. The SMILES string of the molecule is Cc1cnc(N)nc1N(C)CC1CCCCC1. The molecule has 17 heavy (non-hydrogen) atoms. The predicted molar refractivity (Wildman–Crippen MR) is 71.0 cm³/mol. The zero-order valence-corrected chi connectivity index (χ0v) is 10.8. The van der Waals surface area contributed by atoms with E-state index in [0.29, 0.717) is 5.95 Å². The predicted octanol–water partition coefficient (Wildman–Crippen LogP) is 2.38. The van der Waals surface area contributed by atoms with E-state index in [2.05, 4.69) is 21.9 Å². The second kappa shape index (κ2) is 5.34. The van der Waals surface area contributed by atoms with Gasteiger partial charge in [0, 0.05) is 25.4 Å².